The molecule has 0 aliphatic carbocycles. The van der Waals surface area contributed by atoms with Gasteiger partial charge in [0.2, 0.25) is 0 Å². The number of furan rings is 2. The molecule has 14 aromatic rings. The Hall–Kier alpha value is -10.1. The van der Waals surface area contributed by atoms with Gasteiger partial charge in [0.1, 0.15) is 11.3 Å². The number of rotatable bonds is 10. The van der Waals surface area contributed by atoms with Crippen molar-refractivity contribution in [1.82, 2.24) is 0 Å². The first-order valence-electron chi connectivity index (χ1n) is 26.7. The summed E-state index contributed by atoms with van der Waals surface area (Å²) in [6.45, 7) is 9.15. The third-order valence-electron chi connectivity index (χ3n) is 15.9. The average Bonchev–Trinajstić information content (AvgIpc) is 4.15. The Labute approximate surface area is 451 Å². The first kappa shape index (κ1) is 46.4. The van der Waals surface area contributed by atoms with Gasteiger partial charge < -0.3 is 18.6 Å². The molecule has 0 amide bonds. The highest BCUT2D eigenvalue weighted by Crippen LogP contribution is 2.53. The lowest BCUT2D eigenvalue weighted by atomic mass is 9.84. The molecule has 370 valence electrons. The lowest BCUT2D eigenvalue weighted by Gasteiger charge is -2.31. The van der Waals surface area contributed by atoms with Gasteiger partial charge in [0, 0.05) is 50.1 Å². The molecule has 0 unspecified atom stereocenters. The number of hydrogen-bond acceptors (Lipinski definition) is 5. The Balaban J connectivity index is 1.11. The Bertz CT molecular complexity index is 4480. The van der Waals surface area contributed by atoms with Crippen LogP contribution < -0.4 is 9.80 Å². The van der Waals surface area contributed by atoms with Crippen LogP contribution in [0, 0.1) is 22.7 Å². The zero-order valence-corrected chi connectivity index (χ0v) is 43.6. The predicted molar refractivity (Wildman–Crippen MR) is 324 cm³/mol. The Morgan fingerprint density at radius 1 is 0.397 bits per heavy atom. The summed E-state index contributed by atoms with van der Waals surface area (Å²) < 4.78 is 12.3. The van der Waals surface area contributed by atoms with E-state index in [-0.39, 0.29) is 11.8 Å². The third-order valence-corrected chi connectivity index (χ3v) is 15.9. The third kappa shape index (κ3) is 7.22. The highest BCUT2D eigenvalue weighted by molar-refractivity contribution is 6.30. The van der Waals surface area contributed by atoms with Crippen LogP contribution in [0.2, 0.25) is 0 Å². The molecule has 0 bridgehead atoms. The van der Waals surface area contributed by atoms with Crippen LogP contribution in [0.3, 0.4) is 0 Å². The normalized spacial score (nSPS) is 11.8. The second kappa shape index (κ2) is 18.3. The molecule has 0 spiro atoms. The van der Waals surface area contributed by atoms with Crippen LogP contribution in [0.4, 0.5) is 34.1 Å². The molecule has 1 N–H and O–H groups in total. The Morgan fingerprint density at radius 2 is 0.872 bits per heavy atom. The summed E-state index contributed by atoms with van der Waals surface area (Å²) in [6.07, 6.45) is 0. The topological polar surface area (TPSA) is 80.0 Å². The summed E-state index contributed by atoms with van der Waals surface area (Å²) in [7, 11) is 0. The molecule has 78 heavy (non-hydrogen) atoms. The minimum Gasteiger partial charge on any atom is -0.544 e. The van der Waals surface area contributed by atoms with Crippen molar-refractivity contribution in [3.05, 3.63) is 241 Å². The van der Waals surface area contributed by atoms with E-state index in [1.807, 2.05) is 60.7 Å². The Kier molecular flexibility index (Phi) is 10.9. The number of fused-ring (bicyclic) bond motifs is 6. The highest BCUT2D eigenvalue weighted by Gasteiger charge is 2.30. The summed E-state index contributed by atoms with van der Waals surface area (Å²) in [6, 6.07) is 81.5. The lowest BCUT2D eigenvalue weighted by Crippen LogP contribution is -2.13. The van der Waals surface area contributed by atoms with Crippen molar-refractivity contribution in [3.8, 4) is 34.4 Å². The molecule has 0 saturated heterocycles. The summed E-state index contributed by atoms with van der Waals surface area (Å²) in [5, 5.41) is 32.4. The molecular weight excluding hydrogens is 953 g/mol. The van der Waals surface area contributed by atoms with Gasteiger partial charge in [-0.25, -0.2) is 0 Å². The fourth-order valence-corrected chi connectivity index (χ4v) is 12.3. The molecule has 0 aliphatic heterocycles. The fourth-order valence-electron chi connectivity index (χ4n) is 12.3. The van der Waals surface area contributed by atoms with Crippen LogP contribution in [0.5, 0.6) is 0 Å². The van der Waals surface area contributed by atoms with E-state index in [0.717, 1.165) is 111 Å². The van der Waals surface area contributed by atoms with Gasteiger partial charge in [0.25, 0.3) is 11.2 Å². The minimum absolute atomic E-state index is 0.142. The molecule has 12 aromatic carbocycles. The number of anilines is 6. The number of hydrogen-bond donors (Lipinski definition) is 0. The van der Waals surface area contributed by atoms with E-state index in [9.17, 15) is 10.5 Å². The lowest BCUT2D eigenvalue weighted by molar-refractivity contribution is 0.668. The van der Waals surface area contributed by atoms with Gasteiger partial charge in [-0.3, -0.25) is 0 Å². The number of nitrogens with zero attached hydrogens (tertiary/aromatic N) is 4. The minimum atomic E-state index is 0.142. The van der Waals surface area contributed by atoms with Gasteiger partial charge in [-0.1, -0.05) is 161 Å². The van der Waals surface area contributed by atoms with E-state index < -0.39 is 0 Å². The maximum absolute atomic E-state index is 10.6. The van der Waals surface area contributed by atoms with E-state index in [4.69, 9.17) is 8.83 Å². The van der Waals surface area contributed by atoms with Crippen molar-refractivity contribution in [3.63, 3.8) is 0 Å². The van der Waals surface area contributed by atoms with Crippen LogP contribution in [0.25, 0.3) is 98.4 Å². The van der Waals surface area contributed by atoms with Crippen LogP contribution in [0.15, 0.2) is 227 Å². The molecule has 6 nitrogen and oxygen atoms in total. The maximum atomic E-state index is 10.6. The SMILES string of the molecule is CC(C)c1cc(N(c2ccc(C#N)c(-c3ccccc3)c2)c2cccc3c2oc2ccccc23)c2ccc3c(C(C)C)cc(N(c4ccc(C#N)c(-c5ccccc5)c4)c4cccc5c4[oH+]c4ccccc45)c4ccc1c2c34. The summed E-state index contributed by atoms with van der Waals surface area (Å²) in [5.41, 5.74) is 16.4. The number of para-hydroxylation sites is 4. The van der Waals surface area contributed by atoms with Crippen LogP contribution in [-0.4, -0.2) is 0 Å². The van der Waals surface area contributed by atoms with Crippen LogP contribution in [-0.2, 0) is 0 Å². The summed E-state index contributed by atoms with van der Waals surface area (Å²) in [5.74, 6) is 0.288. The molecule has 6 heteroatoms. The second-order valence-corrected chi connectivity index (χ2v) is 21.0. The average molecular weight is 1000 g/mol. The van der Waals surface area contributed by atoms with E-state index in [0.29, 0.717) is 11.1 Å². The van der Waals surface area contributed by atoms with Gasteiger partial charge in [-0.05, 0) is 134 Å². The van der Waals surface area contributed by atoms with E-state index >= 15 is 0 Å². The first-order chi connectivity index (χ1) is 38.3. The molecule has 0 atom stereocenters. The summed E-state index contributed by atoms with van der Waals surface area (Å²) in [4.78, 5) is 4.75. The van der Waals surface area contributed by atoms with Gasteiger partial charge in [-0.2, -0.15) is 10.5 Å². The molecule has 2 aromatic heterocycles. The molecule has 14 rings (SSSR count). The standard InChI is InChI=1S/C72H50N4O2/c1-43(2)59-39-65(75(49-31-29-47(41-73)61(37-49)45-17-7-5-8-18-45)63-25-15-23-55-51-21-11-13-27-67(51)77-71(55)63)57-36-34-54-60(44(3)4)40-66(58-35-33-53(59)69(57)70(54)58)76(50-32-30-48(42-74)62(38-50)46-19-9-6-10-20-46)64-26-16-24-56-52-22-12-14-28-68(52)78-72(56)64/h5-40,43-44H,1-4H3/p+1. The Morgan fingerprint density at radius 3 is 1.44 bits per heavy atom. The van der Waals surface area contributed by atoms with Crippen molar-refractivity contribution < 1.29 is 8.83 Å². The van der Waals surface area contributed by atoms with Crippen molar-refractivity contribution >= 4 is 110 Å². The van der Waals surface area contributed by atoms with Gasteiger partial charge in [0.05, 0.1) is 51.1 Å². The number of nitriles is 2. The van der Waals surface area contributed by atoms with Crippen molar-refractivity contribution in [2.45, 2.75) is 39.5 Å². The molecule has 2 heterocycles. The fraction of sp³-hybridized carbons (Fsp3) is 0.0833. The van der Waals surface area contributed by atoms with Crippen molar-refractivity contribution in [2.75, 3.05) is 9.80 Å². The van der Waals surface area contributed by atoms with Gasteiger partial charge in [-0.15, -0.1) is 0 Å². The zero-order chi connectivity index (χ0) is 52.8. The van der Waals surface area contributed by atoms with Gasteiger partial charge >= 0.3 is 0 Å². The zero-order valence-electron chi connectivity index (χ0n) is 43.6. The molecule has 0 aliphatic rings. The second-order valence-electron chi connectivity index (χ2n) is 21.0. The van der Waals surface area contributed by atoms with Crippen molar-refractivity contribution in [1.29, 1.82) is 10.5 Å². The maximum Gasteiger partial charge on any atom is 0.293 e. The predicted octanol–water partition coefficient (Wildman–Crippen LogP) is 20.8. The molecule has 0 radical (unpaired) electrons. The largest absolute Gasteiger partial charge is 0.544 e. The van der Waals surface area contributed by atoms with Crippen LogP contribution >= 0.6 is 0 Å². The number of benzene rings is 12. The summed E-state index contributed by atoms with van der Waals surface area (Å²) >= 11 is 0. The first-order valence-corrected chi connectivity index (χ1v) is 26.7. The van der Waals surface area contributed by atoms with Crippen molar-refractivity contribution in [2.24, 2.45) is 0 Å². The molecular formula is C72H51N4O2+. The smallest absolute Gasteiger partial charge is 0.293 e. The molecule has 0 saturated carbocycles. The highest BCUT2D eigenvalue weighted by atomic mass is 16.3. The quantitative estimate of drug-likeness (QED) is 0.101. The van der Waals surface area contributed by atoms with Gasteiger partial charge in [0.15, 0.2) is 5.58 Å². The monoisotopic (exact) mass is 1000 g/mol. The van der Waals surface area contributed by atoms with E-state index in [1.165, 1.54) is 32.7 Å². The van der Waals surface area contributed by atoms with E-state index in [1.54, 1.807) is 0 Å². The van der Waals surface area contributed by atoms with Crippen LogP contribution in [0.1, 0.15) is 61.8 Å². The van der Waals surface area contributed by atoms with E-state index in [2.05, 4.69) is 207 Å². The molecule has 0 fully saturated rings.